The van der Waals surface area contributed by atoms with E-state index in [0.717, 1.165) is 7.11 Å². The molecule has 0 saturated carbocycles. The van der Waals surface area contributed by atoms with Gasteiger partial charge in [-0.05, 0) is 32.2 Å². The molecule has 0 heterocycles. The Kier molecular flexibility index (Phi) is 10.3. The molecule has 1 N–H and O–H groups in total. The van der Waals surface area contributed by atoms with Gasteiger partial charge < -0.3 is 14.2 Å². The second kappa shape index (κ2) is 11.7. The molecule has 0 spiro atoms. The highest BCUT2D eigenvalue weighted by Gasteiger charge is 2.83. The molecule has 1 aromatic rings. The molecule has 0 aliphatic heterocycles. The highest BCUT2D eigenvalue weighted by molar-refractivity contribution is 5.96. The lowest BCUT2D eigenvalue weighted by molar-refractivity contribution is -0.545. The largest absolute Gasteiger partial charge is 0.475 e. The number of likely N-dealkylation sites (N-methyl/N-ethyl adjacent to an activating group) is 1. The smallest absolute Gasteiger partial charge is 0.465 e. The number of hydrogen-bond acceptors (Lipinski definition) is 8. The Hall–Kier alpha value is -3.14. The summed E-state index contributed by atoms with van der Waals surface area (Å²) in [5, 5.41) is 0.524. The maximum atomic E-state index is 15.1. The van der Waals surface area contributed by atoms with Crippen LogP contribution in [0.2, 0.25) is 0 Å². The van der Waals surface area contributed by atoms with Crippen LogP contribution in [-0.4, -0.2) is 81.1 Å². The zero-order chi connectivity index (χ0) is 34.3. The fourth-order valence-corrected chi connectivity index (χ4v) is 2.64. The van der Waals surface area contributed by atoms with Gasteiger partial charge in [-0.25, -0.2) is 22.8 Å². The first-order chi connectivity index (χ1) is 19.0. The molecule has 1 aromatic carbocycles. The summed E-state index contributed by atoms with van der Waals surface area (Å²) in [5.41, 5.74) is -7.56. The Labute approximate surface area is 231 Å². The third-order valence-corrected chi connectivity index (χ3v) is 5.39. The van der Waals surface area contributed by atoms with Crippen molar-refractivity contribution in [2.75, 3.05) is 21.3 Å². The number of ether oxygens (including phenoxy) is 5. The summed E-state index contributed by atoms with van der Waals surface area (Å²) >= 11 is 0. The van der Waals surface area contributed by atoms with Crippen LogP contribution in [0.1, 0.15) is 34.6 Å². The van der Waals surface area contributed by atoms with Crippen LogP contribution in [-0.2, 0) is 18.9 Å². The highest BCUT2D eigenvalue weighted by Crippen LogP contribution is 2.55. The Balaban J connectivity index is 3.73. The summed E-state index contributed by atoms with van der Waals surface area (Å²) in [6, 6.07) is 1.40. The van der Waals surface area contributed by atoms with E-state index in [4.69, 9.17) is 0 Å². The summed E-state index contributed by atoms with van der Waals surface area (Å²) in [7, 11) is 1.32. The van der Waals surface area contributed by atoms with Crippen molar-refractivity contribution >= 4 is 11.9 Å². The van der Waals surface area contributed by atoms with E-state index in [9.17, 15) is 66.7 Å². The van der Waals surface area contributed by atoms with Crippen LogP contribution in [0.4, 0.5) is 61.5 Å². The maximum absolute atomic E-state index is 15.1. The normalized spacial score (nSPS) is 17.7. The summed E-state index contributed by atoms with van der Waals surface area (Å²) in [5.74, 6) is -23.4. The van der Waals surface area contributed by atoms with Crippen molar-refractivity contribution in [3.8, 4) is 5.75 Å². The van der Waals surface area contributed by atoms with Crippen molar-refractivity contribution in [2.45, 2.75) is 61.8 Å². The van der Waals surface area contributed by atoms with Gasteiger partial charge in [0.25, 0.3) is 11.6 Å². The van der Waals surface area contributed by atoms with Crippen molar-refractivity contribution in [2.24, 2.45) is 0 Å². The molecule has 8 nitrogen and oxygen atoms in total. The average molecular weight is 663 g/mol. The average Bonchev–Trinajstić information content (AvgIpc) is 2.85. The molecule has 0 bridgehead atoms. The fraction of sp³-hybridized carbons (Fsp3) is 0.619. The molecule has 3 unspecified atom stereocenters. The van der Waals surface area contributed by atoms with Crippen molar-refractivity contribution < 1.29 is 94.7 Å². The number of benzene rings is 1. The molecule has 0 amide bonds. The second-order valence-corrected chi connectivity index (χ2v) is 8.38. The van der Waals surface area contributed by atoms with Gasteiger partial charge in [0, 0.05) is 6.92 Å². The number of methoxy groups -OCH3 is 2. The number of hydrogen-bond donors (Lipinski definition) is 1. The standard InChI is InChI=1S/C21H19F14NO7/c1-14(22,15(2,23)24)18(29,30)42-16(25,17(26,27)28)19(31,32)43-21(35,36-3)20(33,34)41-11-8-9(12(37)39-4)6-7-10(11)13(38)40-5/h6-8,36H,1-5H3. The first kappa shape index (κ1) is 37.9. The van der Waals surface area contributed by atoms with Gasteiger partial charge in [-0.15, -0.1) is 0 Å². The van der Waals surface area contributed by atoms with E-state index in [-0.39, 0.29) is 13.1 Å². The molecule has 0 aromatic heterocycles. The van der Waals surface area contributed by atoms with Gasteiger partial charge in [0.2, 0.25) is 0 Å². The number of alkyl halides is 14. The van der Waals surface area contributed by atoms with Crippen LogP contribution in [0.25, 0.3) is 0 Å². The van der Waals surface area contributed by atoms with Crippen LogP contribution in [0, 0.1) is 0 Å². The van der Waals surface area contributed by atoms with Crippen LogP contribution in [0.3, 0.4) is 0 Å². The molecule has 22 heteroatoms. The van der Waals surface area contributed by atoms with Crippen LogP contribution < -0.4 is 10.1 Å². The van der Waals surface area contributed by atoms with Crippen molar-refractivity contribution in [1.82, 2.24) is 5.32 Å². The van der Waals surface area contributed by atoms with Crippen molar-refractivity contribution in [1.29, 1.82) is 0 Å². The second-order valence-electron chi connectivity index (χ2n) is 8.38. The zero-order valence-corrected chi connectivity index (χ0v) is 21.9. The summed E-state index contributed by atoms with van der Waals surface area (Å²) in [4.78, 5) is 23.6. The molecule has 1 rings (SSSR count). The predicted octanol–water partition coefficient (Wildman–Crippen LogP) is 5.90. The zero-order valence-electron chi connectivity index (χ0n) is 21.9. The van der Waals surface area contributed by atoms with Crippen molar-refractivity contribution in [3.63, 3.8) is 0 Å². The Morgan fingerprint density at radius 1 is 0.698 bits per heavy atom. The van der Waals surface area contributed by atoms with Gasteiger partial charge in [-0.3, -0.25) is 14.8 Å². The molecular formula is C21H19F14NO7. The summed E-state index contributed by atoms with van der Waals surface area (Å²) in [6.45, 7) is -1.59. The third-order valence-electron chi connectivity index (χ3n) is 5.39. The Morgan fingerprint density at radius 3 is 1.58 bits per heavy atom. The van der Waals surface area contributed by atoms with E-state index in [0.29, 0.717) is 24.6 Å². The van der Waals surface area contributed by atoms with E-state index in [1.54, 1.807) is 0 Å². The van der Waals surface area contributed by atoms with Gasteiger partial charge in [0.15, 0.2) is 0 Å². The lowest BCUT2D eigenvalue weighted by Gasteiger charge is -2.42. The molecule has 0 aliphatic rings. The minimum Gasteiger partial charge on any atom is -0.465 e. The maximum Gasteiger partial charge on any atom is 0.475 e. The van der Waals surface area contributed by atoms with Gasteiger partial charge in [0.1, 0.15) is 11.3 Å². The van der Waals surface area contributed by atoms with E-state index < -0.39 is 90.6 Å². The molecule has 0 aliphatic carbocycles. The van der Waals surface area contributed by atoms with E-state index in [1.807, 2.05) is 0 Å². The molecule has 0 saturated heterocycles. The number of carbonyl (C=O) groups excluding carboxylic acids is 2. The van der Waals surface area contributed by atoms with Crippen molar-refractivity contribution in [3.05, 3.63) is 29.3 Å². The number of halogens is 14. The number of carbonyl (C=O) groups is 2. The number of esters is 2. The minimum absolute atomic E-state index is 0.0985. The Morgan fingerprint density at radius 2 is 1.19 bits per heavy atom. The number of rotatable bonds is 13. The van der Waals surface area contributed by atoms with E-state index >= 15 is 4.39 Å². The Bertz CT molecular complexity index is 1190. The van der Waals surface area contributed by atoms with Gasteiger partial charge in [0.05, 0.1) is 19.8 Å². The first-order valence-electron chi connectivity index (χ1n) is 10.7. The molecule has 3 atom stereocenters. The number of nitrogens with one attached hydrogen (secondary N) is 1. The quantitative estimate of drug-likeness (QED) is 0.121. The van der Waals surface area contributed by atoms with Crippen LogP contribution in [0.5, 0.6) is 5.75 Å². The third kappa shape index (κ3) is 7.00. The minimum atomic E-state index is -7.57. The lowest BCUT2D eigenvalue weighted by atomic mass is 10.00. The van der Waals surface area contributed by atoms with Gasteiger partial charge in [-0.1, -0.05) is 0 Å². The molecule has 0 fully saturated rings. The van der Waals surface area contributed by atoms with Gasteiger partial charge >= 0.3 is 48.3 Å². The molecule has 43 heavy (non-hydrogen) atoms. The van der Waals surface area contributed by atoms with E-state index in [1.165, 1.54) is 0 Å². The lowest BCUT2D eigenvalue weighted by Crippen LogP contribution is -2.70. The highest BCUT2D eigenvalue weighted by atomic mass is 19.4. The van der Waals surface area contributed by atoms with Crippen LogP contribution >= 0.6 is 0 Å². The molecule has 248 valence electrons. The van der Waals surface area contributed by atoms with E-state index in [2.05, 4.69) is 23.7 Å². The topological polar surface area (TPSA) is 92.3 Å². The van der Waals surface area contributed by atoms with Crippen LogP contribution in [0.15, 0.2) is 18.2 Å². The monoisotopic (exact) mass is 663 g/mol. The molecule has 0 radical (unpaired) electrons. The molecular weight excluding hydrogens is 644 g/mol. The summed E-state index contributed by atoms with van der Waals surface area (Å²) < 4.78 is 214. The first-order valence-corrected chi connectivity index (χ1v) is 10.7. The fourth-order valence-electron chi connectivity index (χ4n) is 2.64. The van der Waals surface area contributed by atoms with Gasteiger partial charge in [-0.2, -0.15) is 48.3 Å². The SMILES string of the molecule is CNC(F)(OC(F)(F)C(F)(OC(F)(F)C(C)(F)C(C)(F)F)C(F)(F)F)C(F)(F)Oc1cc(C(=O)OC)ccc1C(=O)OC. The predicted molar refractivity (Wildman–Crippen MR) is 110 cm³/mol. The summed E-state index contributed by atoms with van der Waals surface area (Å²) in [6.07, 6.45) is -28.0.